The maximum Gasteiger partial charge on any atom is 0.343 e. The number of methoxy groups -OCH3 is 1. The van der Waals surface area contributed by atoms with Crippen LogP contribution < -0.4 is 10.2 Å². The minimum atomic E-state index is -0.598. The van der Waals surface area contributed by atoms with Crippen LogP contribution >= 0.6 is 0 Å². The number of nitrogens with one attached hydrogen (secondary N) is 1. The number of aromatic nitrogens is 1. The van der Waals surface area contributed by atoms with Gasteiger partial charge in [-0.25, -0.2) is 4.79 Å². The first-order chi connectivity index (χ1) is 9.08. The molecule has 0 atom stereocenters. The van der Waals surface area contributed by atoms with E-state index < -0.39 is 5.97 Å². The Bertz CT molecular complexity index is 688. The number of hydrogen-bond acceptors (Lipinski definition) is 4. The lowest BCUT2D eigenvalue weighted by molar-refractivity contribution is 0.0524. The van der Waals surface area contributed by atoms with Gasteiger partial charge < -0.3 is 14.5 Å². The molecule has 0 unspecified atom stereocenters. The Hall–Kier alpha value is -2.30. The summed E-state index contributed by atoms with van der Waals surface area (Å²) in [4.78, 5) is 27.1. The van der Waals surface area contributed by atoms with Gasteiger partial charge in [0, 0.05) is 17.1 Å². The molecule has 0 amide bonds. The maximum atomic E-state index is 12.3. The fraction of sp³-hybridized carbons (Fsp3) is 0.286. The van der Waals surface area contributed by atoms with Gasteiger partial charge in [-0.1, -0.05) is 0 Å². The number of rotatable bonds is 3. The molecule has 1 aromatic carbocycles. The zero-order valence-corrected chi connectivity index (χ0v) is 11.1. The number of ether oxygens (including phenoxy) is 2. The standard InChI is InChI=1S/C14H15NO4/c1-4-19-14(17)12-8(2)15-11-7-9(18-3)5-6-10(11)13(12)16/h5-7H,4H2,1-3H3,(H,15,16). The molecule has 0 spiro atoms. The zero-order chi connectivity index (χ0) is 14.0. The molecule has 5 nitrogen and oxygen atoms in total. The molecule has 0 aliphatic heterocycles. The molecule has 0 aliphatic rings. The van der Waals surface area contributed by atoms with Gasteiger partial charge >= 0.3 is 5.97 Å². The van der Waals surface area contributed by atoms with Crippen molar-refractivity contribution < 1.29 is 14.3 Å². The fourth-order valence-corrected chi connectivity index (χ4v) is 1.97. The maximum absolute atomic E-state index is 12.3. The Labute approximate surface area is 110 Å². The fourth-order valence-electron chi connectivity index (χ4n) is 1.97. The lowest BCUT2D eigenvalue weighted by atomic mass is 10.1. The van der Waals surface area contributed by atoms with Gasteiger partial charge in [0.2, 0.25) is 5.43 Å². The van der Waals surface area contributed by atoms with Crippen LogP contribution in [0.2, 0.25) is 0 Å². The van der Waals surface area contributed by atoms with Crippen molar-refractivity contribution in [1.29, 1.82) is 0 Å². The number of pyridine rings is 1. The summed E-state index contributed by atoms with van der Waals surface area (Å²) in [5.41, 5.74) is 0.853. The van der Waals surface area contributed by atoms with Gasteiger partial charge in [0.15, 0.2) is 0 Å². The highest BCUT2D eigenvalue weighted by Gasteiger charge is 2.17. The normalized spacial score (nSPS) is 10.5. The lowest BCUT2D eigenvalue weighted by Crippen LogP contribution is -2.20. The Morgan fingerprint density at radius 3 is 2.74 bits per heavy atom. The summed E-state index contributed by atoms with van der Waals surface area (Å²) in [7, 11) is 1.55. The van der Waals surface area contributed by atoms with Crippen molar-refractivity contribution in [3.8, 4) is 5.75 Å². The van der Waals surface area contributed by atoms with Crippen molar-refractivity contribution in [2.45, 2.75) is 13.8 Å². The van der Waals surface area contributed by atoms with Gasteiger partial charge in [-0.2, -0.15) is 0 Å². The Kier molecular flexibility index (Phi) is 3.55. The first kappa shape index (κ1) is 13.1. The van der Waals surface area contributed by atoms with E-state index in [2.05, 4.69) is 4.98 Å². The Morgan fingerprint density at radius 1 is 1.37 bits per heavy atom. The third kappa shape index (κ3) is 2.31. The molecule has 100 valence electrons. The predicted octanol–water partition coefficient (Wildman–Crippen LogP) is 2.02. The van der Waals surface area contributed by atoms with E-state index in [0.29, 0.717) is 22.3 Å². The van der Waals surface area contributed by atoms with E-state index >= 15 is 0 Å². The third-order valence-corrected chi connectivity index (χ3v) is 2.88. The predicted molar refractivity (Wildman–Crippen MR) is 71.8 cm³/mol. The molecule has 1 N–H and O–H groups in total. The minimum Gasteiger partial charge on any atom is -0.497 e. The topological polar surface area (TPSA) is 68.4 Å². The van der Waals surface area contributed by atoms with Gasteiger partial charge in [0.25, 0.3) is 0 Å². The molecule has 1 aromatic heterocycles. The summed E-state index contributed by atoms with van der Waals surface area (Å²) in [5.74, 6) is 0.0467. The highest BCUT2D eigenvalue weighted by Crippen LogP contribution is 2.18. The van der Waals surface area contributed by atoms with E-state index in [-0.39, 0.29) is 17.6 Å². The van der Waals surface area contributed by atoms with Crippen molar-refractivity contribution in [1.82, 2.24) is 4.98 Å². The summed E-state index contributed by atoms with van der Waals surface area (Å²) in [6.45, 7) is 3.61. The number of H-pyrrole nitrogens is 1. The molecule has 0 aliphatic carbocycles. The Morgan fingerprint density at radius 2 is 2.11 bits per heavy atom. The molecule has 0 fully saturated rings. The van der Waals surface area contributed by atoms with Crippen molar-refractivity contribution in [2.75, 3.05) is 13.7 Å². The quantitative estimate of drug-likeness (QED) is 0.858. The molecule has 0 bridgehead atoms. The van der Waals surface area contributed by atoms with Gasteiger partial charge in [0.1, 0.15) is 11.3 Å². The molecule has 0 saturated heterocycles. The highest BCUT2D eigenvalue weighted by atomic mass is 16.5. The summed E-state index contributed by atoms with van der Waals surface area (Å²) in [6.07, 6.45) is 0. The van der Waals surface area contributed by atoms with Crippen LogP contribution in [-0.2, 0) is 4.74 Å². The van der Waals surface area contributed by atoms with Crippen molar-refractivity contribution in [3.63, 3.8) is 0 Å². The highest BCUT2D eigenvalue weighted by molar-refractivity contribution is 5.95. The van der Waals surface area contributed by atoms with Gasteiger partial charge in [-0.3, -0.25) is 4.79 Å². The van der Waals surface area contributed by atoms with Crippen LogP contribution in [0.3, 0.4) is 0 Å². The molecule has 5 heteroatoms. The number of esters is 1. The van der Waals surface area contributed by atoms with Crippen LogP contribution in [0, 0.1) is 6.92 Å². The number of fused-ring (bicyclic) bond motifs is 1. The van der Waals surface area contributed by atoms with Crippen LogP contribution in [0.15, 0.2) is 23.0 Å². The SMILES string of the molecule is CCOC(=O)c1c(C)[nH]c2cc(OC)ccc2c1=O. The summed E-state index contributed by atoms with van der Waals surface area (Å²) in [5, 5.41) is 0.439. The summed E-state index contributed by atoms with van der Waals surface area (Å²) >= 11 is 0. The number of aromatic amines is 1. The molecule has 2 rings (SSSR count). The lowest BCUT2D eigenvalue weighted by Gasteiger charge is -2.08. The number of benzene rings is 1. The second-order valence-electron chi connectivity index (χ2n) is 4.09. The molecule has 2 aromatic rings. The van der Waals surface area contributed by atoms with E-state index in [1.54, 1.807) is 39.2 Å². The van der Waals surface area contributed by atoms with Crippen LogP contribution in [-0.4, -0.2) is 24.7 Å². The molecule has 0 saturated carbocycles. The van der Waals surface area contributed by atoms with E-state index in [9.17, 15) is 9.59 Å². The van der Waals surface area contributed by atoms with Crippen molar-refractivity contribution in [3.05, 3.63) is 39.7 Å². The monoisotopic (exact) mass is 261 g/mol. The smallest absolute Gasteiger partial charge is 0.343 e. The van der Waals surface area contributed by atoms with Crippen molar-refractivity contribution in [2.24, 2.45) is 0 Å². The second kappa shape index (κ2) is 5.14. The van der Waals surface area contributed by atoms with Crippen LogP contribution in [0.4, 0.5) is 0 Å². The zero-order valence-electron chi connectivity index (χ0n) is 11.1. The third-order valence-electron chi connectivity index (χ3n) is 2.88. The Balaban J connectivity index is 2.69. The number of aryl methyl sites for hydroxylation is 1. The molecule has 0 radical (unpaired) electrons. The van der Waals surface area contributed by atoms with Gasteiger partial charge in [-0.05, 0) is 26.0 Å². The molecular formula is C14H15NO4. The van der Waals surface area contributed by atoms with E-state index in [1.165, 1.54) is 0 Å². The minimum absolute atomic E-state index is 0.0551. The van der Waals surface area contributed by atoms with Gasteiger partial charge in [-0.15, -0.1) is 0 Å². The molecule has 1 heterocycles. The molecule has 19 heavy (non-hydrogen) atoms. The van der Waals surface area contributed by atoms with Crippen molar-refractivity contribution >= 4 is 16.9 Å². The largest absolute Gasteiger partial charge is 0.497 e. The summed E-state index contributed by atoms with van der Waals surface area (Å²) in [6, 6.07) is 5.04. The van der Waals surface area contributed by atoms with Crippen LogP contribution in [0.5, 0.6) is 5.75 Å². The first-order valence-electron chi connectivity index (χ1n) is 5.96. The second-order valence-corrected chi connectivity index (χ2v) is 4.09. The first-order valence-corrected chi connectivity index (χ1v) is 5.96. The van der Waals surface area contributed by atoms with Gasteiger partial charge in [0.05, 0.1) is 19.2 Å². The van der Waals surface area contributed by atoms with Crippen LogP contribution in [0.25, 0.3) is 10.9 Å². The van der Waals surface area contributed by atoms with Crippen LogP contribution in [0.1, 0.15) is 23.0 Å². The average molecular weight is 261 g/mol. The summed E-state index contributed by atoms with van der Waals surface area (Å²) < 4.78 is 10.0. The average Bonchev–Trinajstić information content (AvgIpc) is 2.38. The van der Waals surface area contributed by atoms with E-state index in [1.807, 2.05) is 0 Å². The number of carbonyl (C=O) groups is 1. The molecular weight excluding hydrogens is 246 g/mol. The van der Waals surface area contributed by atoms with E-state index in [4.69, 9.17) is 9.47 Å². The number of carbonyl (C=O) groups excluding carboxylic acids is 1. The number of hydrogen-bond donors (Lipinski definition) is 1. The van der Waals surface area contributed by atoms with E-state index in [0.717, 1.165) is 0 Å².